The summed E-state index contributed by atoms with van der Waals surface area (Å²) in [4.78, 5) is 11.3. The van der Waals surface area contributed by atoms with Crippen molar-refractivity contribution in [1.82, 2.24) is 4.72 Å². The van der Waals surface area contributed by atoms with E-state index in [1.54, 1.807) is 0 Å². The molecule has 5 nitrogen and oxygen atoms in total. The molecule has 0 aliphatic carbocycles. The number of sulfonamides is 1. The third-order valence-corrected chi connectivity index (χ3v) is 5.87. The van der Waals surface area contributed by atoms with Crippen molar-refractivity contribution in [2.45, 2.75) is 37.6 Å². The summed E-state index contributed by atoms with van der Waals surface area (Å²) in [6, 6.07) is 14.9. The number of nitrogens with one attached hydrogen (secondary N) is 1. The van der Waals surface area contributed by atoms with Gasteiger partial charge in [-0.15, -0.1) is 0 Å². The Hall–Kier alpha value is -2.18. The molecule has 0 spiro atoms. The van der Waals surface area contributed by atoms with E-state index in [2.05, 4.69) is 18.6 Å². The van der Waals surface area contributed by atoms with Crippen LogP contribution in [0.3, 0.4) is 0 Å². The van der Waals surface area contributed by atoms with Gasteiger partial charge in [0.2, 0.25) is 15.9 Å². The molecule has 134 valence electrons. The van der Waals surface area contributed by atoms with Gasteiger partial charge in [-0.3, -0.25) is 4.79 Å². The third-order valence-electron chi connectivity index (χ3n) is 4.41. The zero-order valence-electron chi connectivity index (χ0n) is 14.5. The number of carbonyl (C=O) groups excluding carboxylic acids is 1. The SMILES string of the molecule is CCC(CC)[C@@H](NS(=O)(=O)c1ccc(C(N)=O)cc1)c1ccccc1. The van der Waals surface area contributed by atoms with Gasteiger partial charge in [-0.1, -0.05) is 57.0 Å². The lowest BCUT2D eigenvalue weighted by atomic mass is 9.90. The molecule has 1 amide bonds. The number of hydrogen-bond donors (Lipinski definition) is 2. The lowest BCUT2D eigenvalue weighted by Crippen LogP contribution is -2.33. The summed E-state index contributed by atoms with van der Waals surface area (Å²) in [6.45, 7) is 4.11. The molecule has 0 unspecified atom stereocenters. The van der Waals surface area contributed by atoms with Crippen molar-refractivity contribution in [3.63, 3.8) is 0 Å². The van der Waals surface area contributed by atoms with Crippen LogP contribution in [0.4, 0.5) is 0 Å². The first-order valence-corrected chi connectivity index (χ1v) is 9.84. The second-order valence-corrected chi connectivity index (χ2v) is 7.69. The van der Waals surface area contributed by atoms with Crippen LogP contribution in [0.5, 0.6) is 0 Å². The Morgan fingerprint density at radius 2 is 1.56 bits per heavy atom. The Morgan fingerprint density at radius 1 is 1.00 bits per heavy atom. The van der Waals surface area contributed by atoms with E-state index in [0.29, 0.717) is 0 Å². The smallest absolute Gasteiger partial charge is 0.248 e. The highest BCUT2D eigenvalue weighted by molar-refractivity contribution is 7.89. The maximum atomic E-state index is 12.8. The standard InChI is InChI=1S/C19H24N2O3S/c1-3-14(4-2)18(15-8-6-5-7-9-15)21-25(23,24)17-12-10-16(11-13-17)19(20)22/h5-14,18,21H,3-4H2,1-2H3,(H2,20,22)/t18-/m1/s1. The minimum absolute atomic E-state index is 0.115. The molecule has 0 aliphatic rings. The summed E-state index contributed by atoms with van der Waals surface area (Å²) in [6.07, 6.45) is 1.72. The van der Waals surface area contributed by atoms with Crippen LogP contribution in [-0.4, -0.2) is 14.3 Å². The van der Waals surface area contributed by atoms with E-state index in [9.17, 15) is 13.2 Å². The fraction of sp³-hybridized carbons (Fsp3) is 0.316. The van der Waals surface area contributed by atoms with Gasteiger partial charge in [-0.05, 0) is 35.7 Å². The number of carbonyl (C=O) groups is 1. The first-order chi connectivity index (χ1) is 11.9. The van der Waals surface area contributed by atoms with E-state index < -0.39 is 15.9 Å². The molecule has 0 radical (unpaired) electrons. The average Bonchev–Trinajstić information content (AvgIpc) is 2.62. The monoisotopic (exact) mass is 360 g/mol. The minimum Gasteiger partial charge on any atom is -0.366 e. The zero-order chi connectivity index (χ0) is 18.4. The van der Waals surface area contributed by atoms with Gasteiger partial charge in [0.1, 0.15) is 0 Å². The van der Waals surface area contributed by atoms with Crippen molar-refractivity contribution in [2.24, 2.45) is 11.7 Å². The molecule has 0 bridgehead atoms. The van der Waals surface area contributed by atoms with Crippen molar-refractivity contribution in [3.05, 3.63) is 65.7 Å². The summed E-state index contributed by atoms with van der Waals surface area (Å²) in [5.41, 5.74) is 6.42. The van der Waals surface area contributed by atoms with Gasteiger partial charge in [0.15, 0.2) is 0 Å². The van der Waals surface area contributed by atoms with E-state index in [1.807, 2.05) is 30.3 Å². The van der Waals surface area contributed by atoms with Crippen LogP contribution in [0.25, 0.3) is 0 Å². The highest BCUT2D eigenvalue weighted by atomic mass is 32.2. The molecule has 0 saturated carbocycles. The topological polar surface area (TPSA) is 89.3 Å². The lowest BCUT2D eigenvalue weighted by Gasteiger charge is -2.26. The molecule has 0 fully saturated rings. The largest absolute Gasteiger partial charge is 0.366 e. The molecule has 0 saturated heterocycles. The van der Waals surface area contributed by atoms with E-state index in [0.717, 1.165) is 18.4 Å². The number of rotatable bonds is 8. The third kappa shape index (κ3) is 4.67. The van der Waals surface area contributed by atoms with Gasteiger partial charge in [0, 0.05) is 11.6 Å². The molecule has 2 aromatic carbocycles. The number of amides is 1. The molecule has 3 N–H and O–H groups in total. The van der Waals surface area contributed by atoms with Gasteiger partial charge in [-0.2, -0.15) is 0 Å². The molecule has 1 atom stereocenters. The van der Waals surface area contributed by atoms with Crippen LogP contribution in [0.1, 0.15) is 48.7 Å². The summed E-state index contributed by atoms with van der Waals surface area (Å²) in [5, 5.41) is 0. The first kappa shape index (κ1) is 19.1. The van der Waals surface area contributed by atoms with Crippen LogP contribution >= 0.6 is 0 Å². The molecule has 2 aromatic rings. The molecule has 0 aliphatic heterocycles. The van der Waals surface area contributed by atoms with Crippen molar-refractivity contribution >= 4 is 15.9 Å². The average molecular weight is 360 g/mol. The Labute approximate surface area is 149 Å². The van der Waals surface area contributed by atoms with E-state index >= 15 is 0 Å². The second kappa shape index (κ2) is 8.27. The highest BCUT2D eigenvalue weighted by Gasteiger charge is 2.26. The normalized spacial score (nSPS) is 12.9. The van der Waals surface area contributed by atoms with Crippen molar-refractivity contribution in [1.29, 1.82) is 0 Å². The Balaban J connectivity index is 2.34. The molecule has 0 heterocycles. The molecule has 2 rings (SSSR count). The summed E-state index contributed by atoms with van der Waals surface area (Å²) < 4.78 is 28.4. The summed E-state index contributed by atoms with van der Waals surface area (Å²) in [5.74, 6) is -0.404. The first-order valence-electron chi connectivity index (χ1n) is 8.36. The van der Waals surface area contributed by atoms with Crippen molar-refractivity contribution in [3.8, 4) is 0 Å². The van der Waals surface area contributed by atoms with Crippen LogP contribution in [0.2, 0.25) is 0 Å². The zero-order valence-corrected chi connectivity index (χ0v) is 15.3. The Kier molecular flexibility index (Phi) is 6.33. The fourth-order valence-corrected chi connectivity index (χ4v) is 4.18. The van der Waals surface area contributed by atoms with Gasteiger partial charge in [0.05, 0.1) is 4.90 Å². The number of hydrogen-bond acceptors (Lipinski definition) is 3. The molecule has 0 aromatic heterocycles. The molecular formula is C19H24N2O3S. The predicted octanol–water partition coefficient (Wildman–Crippen LogP) is 3.24. The van der Waals surface area contributed by atoms with Crippen LogP contribution in [0, 0.1) is 5.92 Å². The van der Waals surface area contributed by atoms with Crippen molar-refractivity contribution < 1.29 is 13.2 Å². The van der Waals surface area contributed by atoms with Crippen LogP contribution in [0.15, 0.2) is 59.5 Å². The van der Waals surface area contributed by atoms with Gasteiger partial charge >= 0.3 is 0 Å². The van der Waals surface area contributed by atoms with Gasteiger partial charge in [-0.25, -0.2) is 13.1 Å². The number of benzene rings is 2. The molecule has 6 heteroatoms. The van der Waals surface area contributed by atoms with Crippen molar-refractivity contribution in [2.75, 3.05) is 0 Å². The lowest BCUT2D eigenvalue weighted by molar-refractivity contribution is 0.1000. The fourth-order valence-electron chi connectivity index (χ4n) is 2.89. The summed E-state index contributed by atoms with van der Waals surface area (Å²) in [7, 11) is -3.72. The highest BCUT2D eigenvalue weighted by Crippen LogP contribution is 2.29. The predicted molar refractivity (Wildman–Crippen MR) is 98.5 cm³/mol. The second-order valence-electron chi connectivity index (χ2n) is 5.97. The van der Waals surface area contributed by atoms with Crippen LogP contribution < -0.4 is 10.5 Å². The van der Waals surface area contributed by atoms with E-state index in [-0.39, 0.29) is 22.4 Å². The summed E-state index contributed by atoms with van der Waals surface area (Å²) >= 11 is 0. The maximum Gasteiger partial charge on any atom is 0.248 e. The van der Waals surface area contributed by atoms with E-state index in [1.165, 1.54) is 24.3 Å². The molecule has 25 heavy (non-hydrogen) atoms. The van der Waals surface area contributed by atoms with Gasteiger partial charge in [0.25, 0.3) is 0 Å². The Morgan fingerprint density at radius 3 is 2.04 bits per heavy atom. The van der Waals surface area contributed by atoms with Gasteiger partial charge < -0.3 is 5.73 Å². The molecular weight excluding hydrogens is 336 g/mol. The number of nitrogens with two attached hydrogens (primary N) is 1. The number of primary amides is 1. The quantitative estimate of drug-likeness (QED) is 0.757. The minimum atomic E-state index is -3.72. The maximum absolute atomic E-state index is 12.8. The van der Waals surface area contributed by atoms with E-state index in [4.69, 9.17) is 5.73 Å². The van der Waals surface area contributed by atoms with Crippen LogP contribution in [-0.2, 0) is 10.0 Å². The Bertz CT molecular complexity index is 798.